The number of rotatable bonds is 51. The van der Waals surface area contributed by atoms with Crippen molar-refractivity contribution in [3.8, 4) is 0 Å². The largest absolute Gasteiger partial charge is 0.461 e. The van der Waals surface area contributed by atoms with Gasteiger partial charge in [0.25, 0.3) is 8.32 Å². The summed E-state index contributed by atoms with van der Waals surface area (Å²) in [7, 11) is -0.845. The summed E-state index contributed by atoms with van der Waals surface area (Å²) in [4.78, 5) is 40.5. The van der Waals surface area contributed by atoms with Crippen molar-refractivity contribution in [2.24, 2.45) is 0 Å². The van der Waals surface area contributed by atoms with Crippen LogP contribution in [0.5, 0.6) is 0 Å². The van der Waals surface area contributed by atoms with Gasteiger partial charge in [-0.05, 0) is 111 Å². The third kappa shape index (κ3) is 33.3. The summed E-state index contributed by atoms with van der Waals surface area (Å²) in [6.07, 6.45) is 35.0. The van der Waals surface area contributed by atoms with Gasteiger partial charge in [-0.2, -0.15) is 23.5 Å². The molecule has 0 aliphatic rings. The second-order valence-electron chi connectivity index (χ2n) is 23.2. The summed E-state index contributed by atoms with van der Waals surface area (Å²) in [5.41, 5.74) is 0. The molecule has 0 aliphatic heterocycles. The number of nitrogens with one attached hydrogen (secondary N) is 1. The fourth-order valence-corrected chi connectivity index (χ4v) is 17.2. The van der Waals surface area contributed by atoms with Gasteiger partial charge in [-0.1, -0.05) is 225 Å². The number of likely N-dealkylation sites (N-methyl/N-ethyl adjacent to an activating group) is 1. The van der Waals surface area contributed by atoms with E-state index in [1.807, 2.05) is 23.5 Å². The summed E-state index contributed by atoms with van der Waals surface area (Å²) in [6, 6.07) is 22.4. The first-order chi connectivity index (χ1) is 37.4. The number of carbonyl (C=O) groups excluding carboxylic acids is 3. The Morgan fingerprint density at radius 2 is 0.948 bits per heavy atom. The Morgan fingerprint density at radius 1 is 0.519 bits per heavy atom. The van der Waals surface area contributed by atoms with Gasteiger partial charge in [0, 0.05) is 44.0 Å². The Hall–Kier alpha value is -2.31. The molecule has 0 bridgehead atoms. The Bertz CT molecular complexity index is 1680. The Labute approximate surface area is 483 Å². The van der Waals surface area contributed by atoms with Crippen LogP contribution in [0.15, 0.2) is 60.7 Å². The van der Waals surface area contributed by atoms with E-state index < -0.39 is 8.32 Å². The average Bonchev–Trinajstić information content (AvgIpc) is 3.45. The lowest BCUT2D eigenvalue weighted by Gasteiger charge is -2.43. The zero-order valence-corrected chi connectivity index (χ0v) is 53.4. The predicted octanol–water partition coefficient (Wildman–Crippen LogP) is 16.8. The molecule has 0 fully saturated rings. The normalized spacial score (nSPS) is 13.1. The molecule has 442 valence electrons. The van der Waals surface area contributed by atoms with E-state index in [1.54, 1.807) is 11.9 Å². The van der Waals surface area contributed by atoms with Gasteiger partial charge in [0.15, 0.2) is 0 Å². The van der Waals surface area contributed by atoms with Crippen LogP contribution in [0.4, 0.5) is 0 Å². The highest BCUT2D eigenvalue weighted by Gasteiger charge is 2.50. The Kier molecular flexibility index (Phi) is 42.6. The van der Waals surface area contributed by atoms with E-state index in [0.717, 1.165) is 145 Å². The van der Waals surface area contributed by atoms with Gasteiger partial charge in [-0.25, -0.2) is 0 Å². The summed E-state index contributed by atoms with van der Waals surface area (Å²) >= 11 is 3.88. The van der Waals surface area contributed by atoms with E-state index in [-0.39, 0.29) is 41.6 Å². The third-order valence-electron chi connectivity index (χ3n) is 15.2. The summed E-state index contributed by atoms with van der Waals surface area (Å²) in [5.74, 6) is 3.69. The summed E-state index contributed by atoms with van der Waals surface area (Å²) in [6.45, 7) is 17.7. The maximum absolute atomic E-state index is 13.2. The Balaban J connectivity index is 2.07. The number of hydrogen-bond donors (Lipinski definition) is 1. The van der Waals surface area contributed by atoms with Crippen molar-refractivity contribution in [1.82, 2.24) is 10.2 Å². The highest BCUT2D eigenvalue weighted by Crippen LogP contribution is 2.37. The van der Waals surface area contributed by atoms with Gasteiger partial charge in [0.1, 0.15) is 18.8 Å². The molecule has 8 nitrogen and oxygen atoms in total. The second kappa shape index (κ2) is 46.3. The SMILES string of the molecule is CCCCCCCCCC(=O)OC(CCCCCC(CCCCCC(CSCCCCCC)OC(=O)CN(C)C(=O)CCCCC)NCCCCO[Si](c1ccccc1)(c1ccccc1)C(C)(C)C)CSCCCCCC. The molecular weight excluding hydrogens is 1010 g/mol. The van der Waals surface area contributed by atoms with E-state index in [9.17, 15) is 14.4 Å². The van der Waals surface area contributed by atoms with Crippen LogP contribution < -0.4 is 15.7 Å². The van der Waals surface area contributed by atoms with Crippen molar-refractivity contribution in [3.63, 3.8) is 0 Å². The van der Waals surface area contributed by atoms with Crippen LogP contribution in [-0.2, 0) is 28.3 Å². The molecule has 3 unspecified atom stereocenters. The van der Waals surface area contributed by atoms with Gasteiger partial charge in [-0.15, -0.1) is 0 Å². The predicted molar refractivity (Wildman–Crippen MR) is 338 cm³/mol. The molecule has 0 aromatic heterocycles. The maximum Gasteiger partial charge on any atom is 0.325 e. The zero-order chi connectivity index (χ0) is 56.1. The molecule has 0 saturated heterocycles. The third-order valence-corrected chi connectivity index (χ3v) is 22.6. The van der Waals surface area contributed by atoms with E-state index >= 15 is 0 Å². The van der Waals surface area contributed by atoms with Crippen LogP contribution in [0.2, 0.25) is 5.04 Å². The van der Waals surface area contributed by atoms with Crippen LogP contribution in [0, 0.1) is 0 Å². The number of nitrogens with zero attached hydrogens (tertiary/aromatic N) is 1. The molecule has 77 heavy (non-hydrogen) atoms. The molecule has 3 atom stereocenters. The number of unbranched alkanes of at least 4 members (excludes halogenated alkanes) is 19. The van der Waals surface area contributed by atoms with Crippen molar-refractivity contribution >= 4 is 60.1 Å². The maximum atomic E-state index is 13.2. The zero-order valence-electron chi connectivity index (χ0n) is 50.8. The molecule has 1 amide bonds. The topological polar surface area (TPSA) is 94.2 Å². The van der Waals surface area contributed by atoms with Crippen LogP contribution >= 0.6 is 23.5 Å². The van der Waals surface area contributed by atoms with Crippen LogP contribution in [0.1, 0.15) is 254 Å². The lowest BCUT2D eigenvalue weighted by atomic mass is 9.99. The van der Waals surface area contributed by atoms with Gasteiger partial charge < -0.3 is 24.1 Å². The van der Waals surface area contributed by atoms with Gasteiger partial charge >= 0.3 is 11.9 Å². The molecule has 2 aromatic carbocycles. The minimum absolute atomic E-state index is 0.000665. The lowest BCUT2D eigenvalue weighted by molar-refractivity contribution is -0.152. The summed E-state index contributed by atoms with van der Waals surface area (Å²) < 4.78 is 19.6. The minimum atomic E-state index is -2.57. The number of esters is 2. The molecule has 0 aliphatic carbocycles. The molecule has 2 rings (SSSR count). The van der Waals surface area contributed by atoms with Crippen molar-refractivity contribution in [1.29, 1.82) is 0 Å². The molecular formula is C66H116N2O6S2Si. The first-order valence-corrected chi connectivity index (χ1v) is 35.9. The standard InChI is InChI=1S/C66H116N2O6S2Si/c1-9-13-17-20-21-22-36-50-64(70)73-59(56-75-53-39-18-14-10-2)43-30-23-28-41-58(67-51-37-38-52-72-77(66(5,6)7,61-45-32-25-33-46-61)62-47-34-26-35-48-62)42-29-24-31-44-60(57-76-54-40-19-15-11-3)74-65(71)55-68(8)63(69)49-27-16-12-4/h25-26,32-35,45-48,58-60,67H,9-24,27-31,36-44,49-57H2,1-8H3. The van der Waals surface area contributed by atoms with Crippen molar-refractivity contribution in [2.75, 3.05) is 49.8 Å². The van der Waals surface area contributed by atoms with Gasteiger partial charge in [-0.3, -0.25) is 14.4 Å². The molecule has 1 N–H and O–H groups in total. The number of ether oxygens (including phenoxy) is 2. The van der Waals surface area contributed by atoms with E-state index in [1.165, 1.54) is 93.8 Å². The monoisotopic (exact) mass is 1120 g/mol. The van der Waals surface area contributed by atoms with Gasteiger partial charge in [0.05, 0.1) is 0 Å². The number of hydrogen-bond acceptors (Lipinski definition) is 9. The van der Waals surface area contributed by atoms with Gasteiger partial charge in [0.2, 0.25) is 5.91 Å². The first-order valence-electron chi connectivity index (χ1n) is 31.7. The number of benzene rings is 2. The van der Waals surface area contributed by atoms with Crippen molar-refractivity contribution < 1.29 is 28.3 Å². The molecule has 0 radical (unpaired) electrons. The Morgan fingerprint density at radius 3 is 1.45 bits per heavy atom. The van der Waals surface area contributed by atoms with Crippen LogP contribution in [-0.4, -0.2) is 99.1 Å². The van der Waals surface area contributed by atoms with Crippen LogP contribution in [0.3, 0.4) is 0 Å². The fourth-order valence-electron chi connectivity index (χ4n) is 10.5. The van der Waals surface area contributed by atoms with Crippen LogP contribution in [0.25, 0.3) is 0 Å². The molecule has 11 heteroatoms. The molecule has 0 spiro atoms. The number of carbonyl (C=O) groups is 3. The summed E-state index contributed by atoms with van der Waals surface area (Å²) in [5, 5.41) is 6.63. The fraction of sp³-hybridized carbons (Fsp3) is 0.773. The van der Waals surface area contributed by atoms with E-state index in [4.69, 9.17) is 13.9 Å². The number of thioether (sulfide) groups is 2. The van der Waals surface area contributed by atoms with Crippen molar-refractivity contribution in [2.45, 2.75) is 277 Å². The van der Waals surface area contributed by atoms with E-state index in [2.05, 4.69) is 114 Å². The molecule has 2 aromatic rings. The average molecular weight is 1130 g/mol. The second-order valence-corrected chi connectivity index (χ2v) is 29.8. The first kappa shape index (κ1) is 70.8. The van der Waals surface area contributed by atoms with Crippen molar-refractivity contribution in [3.05, 3.63) is 60.7 Å². The highest BCUT2D eigenvalue weighted by atomic mass is 32.2. The smallest absolute Gasteiger partial charge is 0.325 e. The quantitative estimate of drug-likeness (QED) is 0.0395. The van der Waals surface area contributed by atoms with E-state index in [0.29, 0.717) is 18.9 Å². The molecule has 0 heterocycles. The lowest BCUT2D eigenvalue weighted by Crippen LogP contribution is -2.66. The molecule has 0 saturated carbocycles. The number of amides is 1. The highest BCUT2D eigenvalue weighted by molar-refractivity contribution is 7.99. The minimum Gasteiger partial charge on any atom is -0.461 e.